The van der Waals surface area contributed by atoms with Gasteiger partial charge in [-0.2, -0.15) is 0 Å². The number of carbonyl (C=O) groups is 1. The van der Waals surface area contributed by atoms with Crippen molar-refractivity contribution in [2.75, 3.05) is 48.8 Å². The average Bonchev–Trinajstić information content (AvgIpc) is 1.93. The Kier molecular flexibility index (Phi) is 26.1. The first-order valence-corrected chi connectivity index (χ1v) is 28.7. The fraction of sp³-hybridized carbons (Fsp3) is 0.783. The zero-order chi connectivity index (χ0) is 62.1. The molecule has 9 N–H and O–H groups in total. The topological polar surface area (TPSA) is 319 Å². The number of aliphatic hydroxyl groups excluding tert-OH is 7. The van der Waals surface area contributed by atoms with Crippen LogP contribution in [0.25, 0.3) is 0 Å². The lowest BCUT2D eigenvalue weighted by Crippen LogP contribution is -2.74. The molecule has 4 saturated heterocycles. The third-order valence-electron chi connectivity index (χ3n) is 16.8. The highest BCUT2D eigenvalue weighted by atomic mass is 16.7. The Morgan fingerprint density at radius 3 is 1.99 bits per heavy atom. The van der Waals surface area contributed by atoms with Gasteiger partial charge in [0.2, 0.25) is 5.79 Å². The number of ether oxygens (including phenoxy) is 13. The van der Waals surface area contributed by atoms with E-state index in [-0.39, 0.29) is 43.6 Å². The molecule has 5 heterocycles. The molecular formula is C60H98O23. The SMILES string of the molecule is COCCC[C@H]1O[C@@](O)([C@H](C)C2CC(OC)C(O)C=C(C)C=C(C)C=C(C)C(O[C@H]3O[C@H](C)[C@@H](OC)[C@H](O)[C@H]3O)C(C)C=C(CO)C=C(OC)C=C(C)C(=O)O2)[C@H](OC)[C@@H](O)[C@]1(C)O[C@H]1C[C@H](O)[C@H](O[C@H]2C[C@@](C)(O)[C@H](O)[C@@H](C)O2)[C@@H](C)O1. The summed E-state index contributed by atoms with van der Waals surface area (Å²) >= 11 is 0. The van der Waals surface area contributed by atoms with Gasteiger partial charge in [0.15, 0.2) is 18.9 Å². The van der Waals surface area contributed by atoms with Crippen LogP contribution in [0.15, 0.2) is 70.1 Å². The van der Waals surface area contributed by atoms with Gasteiger partial charge < -0.3 is 108 Å². The second kappa shape index (κ2) is 30.7. The molecule has 0 amide bonds. The fourth-order valence-electron chi connectivity index (χ4n) is 12.0. The summed E-state index contributed by atoms with van der Waals surface area (Å²) in [7, 11) is 6.97. The van der Waals surface area contributed by atoms with E-state index in [1.165, 1.54) is 61.5 Å². The van der Waals surface area contributed by atoms with Crippen LogP contribution in [-0.4, -0.2) is 234 Å². The van der Waals surface area contributed by atoms with Gasteiger partial charge in [0.05, 0.1) is 74.1 Å². The molecule has 0 saturated carbocycles. The molecule has 0 bridgehead atoms. The van der Waals surface area contributed by atoms with E-state index < -0.39 is 158 Å². The molecule has 5 rings (SSSR count). The molecule has 0 radical (unpaired) electrons. The van der Waals surface area contributed by atoms with Crippen LogP contribution in [0, 0.1) is 11.8 Å². The van der Waals surface area contributed by atoms with Gasteiger partial charge in [-0.05, 0) is 98.5 Å². The molecular weight excluding hydrogens is 1090 g/mol. The monoisotopic (exact) mass is 1190 g/mol. The minimum absolute atomic E-state index is 0.0210. The van der Waals surface area contributed by atoms with E-state index in [0.717, 1.165) is 5.57 Å². The van der Waals surface area contributed by atoms with Crippen molar-refractivity contribution in [3.8, 4) is 0 Å². The van der Waals surface area contributed by atoms with Gasteiger partial charge in [-0.3, -0.25) is 0 Å². The van der Waals surface area contributed by atoms with Crippen molar-refractivity contribution < 1.29 is 112 Å². The molecule has 0 spiro atoms. The Morgan fingerprint density at radius 1 is 0.735 bits per heavy atom. The number of allylic oxidation sites excluding steroid dienone is 5. The van der Waals surface area contributed by atoms with E-state index in [1.807, 2.05) is 32.9 Å². The Bertz CT molecular complexity index is 2270. The number of cyclic esters (lactones) is 1. The predicted molar refractivity (Wildman–Crippen MR) is 300 cm³/mol. The number of methoxy groups -OCH3 is 5. The van der Waals surface area contributed by atoms with Gasteiger partial charge in [-0.15, -0.1) is 0 Å². The Morgan fingerprint density at radius 2 is 1.40 bits per heavy atom. The summed E-state index contributed by atoms with van der Waals surface area (Å²) in [6.07, 6.45) is -11.5. The molecule has 0 aromatic heterocycles. The average molecular weight is 1190 g/mol. The summed E-state index contributed by atoms with van der Waals surface area (Å²) in [5.41, 5.74) is -0.823. The molecule has 24 atom stereocenters. The van der Waals surface area contributed by atoms with E-state index >= 15 is 0 Å². The molecule has 476 valence electrons. The molecule has 23 nitrogen and oxygen atoms in total. The summed E-state index contributed by atoms with van der Waals surface area (Å²) < 4.78 is 78.8. The van der Waals surface area contributed by atoms with Crippen LogP contribution < -0.4 is 0 Å². The van der Waals surface area contributed by atoms with Crippen LogP contribution in [0.3, 0.4) is 0 Å². The Hall–Kier alpha value is -3.09. The molecule has 0 aliphatic carbocycles. The van der Waals surface area contributed by atoms with Crippen molar-refractivity contribution in [3.63, 3.8) is 0 Å². The zero-order valence-corrected chi connectivity index (χ0v) is 51.3. The highest BCUT2D eigenvalue weighted by Crippen LogP contribution is 2.47. The van der Waals surface area contributed by atoms with E-state index in [4.69, 9.17) is 61.6 Å². The lowest BCUT2D eigenvalue weighted by Gasteiger charge is -2.57. The number of esters is 1. The number of hydrogen-bond donors (Lipinski definition) is 9. The van der Waals surface area contributed by atoms with E-state index in [9.17, 15) is 50.8 Å². The summed E-state index contributed by atoms with van der Waals surface area (Å²) in [6.45, 7) is 18.2. The fourth-order valence-corrected chi connectivity index (χ4v) is 12.0. The van der Waals surface area contributed by atoms with Crippen molar-refractivity contribution in [2.45, 2.75) is 242 Å². The van der Waals surface area contributed by atoms with E-state index in [1.54, 1.807) is 53.7 Å². The number of carbonyl (C=O) groups excluding carboxylic acids is 1. The van der Waals surface area contributed by atoms with Crippen LogP contribution in [0.5, 0.6) is 0 Å². The first-order valence-electron chi connectivity index (χ1n) is 28.7. The lowest BCUT2D eigenvalue weighted by atomic mass is 9.75. The van der Waals surface area contributed by atoms with E-state index in [2.05, 4.69) is 0 Å². The van der Waals surface area contributed by atoms with Crippen molar-refractivity contribution in [1.29, 1.82) is 0 Å². The Balaban J connectivity index is 1.51. The minimum atomic E-state index is -2.46. The van der Waals surface area contributed by atoms with Crippen molar-refractivity contribution >= 4 is 5.97 Å². The molecule has 5 aliphatic rings. The van der Waals surface area contributed by atoms with Crippen molar-refractivity contribution in [2.24, 2.45) is 11.8 Å². The largest absolute Gasteiger partial charge is 0.497 e. The van der Waals surface area contributed by atoms with Crippen LogP contribution >= 0.6 is 0 Å². The van der Waals surface area contributed by atoms with Crippen LogP contribution in [-0.2, 0) is 66.4 Å². The maximum atomic E-state index is 14.5. The van der Waals surface area contributed by atoms with Gasteiger partial charge in [0.25, 0.3) is 0 Å². The van der Waals surface area contributed by atoms with E-state index in [0.29, 0.717) is 23.1 Å². The number of hydrogen-bond acceptors (Lipinski definition) is 23. The van der Waals surface area contributed by atoms with Crippen LogP contribution in [0.2, 0.25) is 0 Å². The number of rotatable bonds is 17. The molecule has 5 aliphatic heterocycles. The summed E-state index contributed by atoms with van der Waals surface area (Å²) in [4.78, 5) is 14.5. The van der Waals surface area contributed by atoms with Crippen LogP contribution in [0.1, 0.15) is 108 Å². The summed E-state index contributed by atoms with van der Waals surface area (Å²) in [6, 6.07) is 0. The van der Waals surface area contributed by atoms with Gasteiger partial charge in [0.1, 0.15) is 60.2 Å². The standard InChI is InChI=1S/C60H98O23/c1-30-20-31(2)22-41(62)44(73-14)27-43(79-56(68)34(5)24-40(72-13)25-39(29-61)23-33(4)50(32(3)21-30)81-57-49(65)48(64)52(74-15)37(8)78-57)35(6)60(70)55(75-16)54(67)59(11,45(82-60)18-17-19-71-12)83-46-26-42(63)51(36(7)76-46)80-47-28-58(10,69)53(66)38(9)77-47/h20-25,33,35-38,41-55,57,61-67,69-70H,17-19,26-29H2,1-16H3/t33?,35-,36-,37-,38-,41?,42+,43?,44?,45-,46+,47+,48-,49-,50?,51-,52-,53-,54-,55-,57-,58-,59-,60+/m1/s1. The quantitative estimate of drug-likeness (QED) is 0.0747. The molecule has 83 heavy (non-hydrogen) atoms. The second-order valence-corrected chi connectivity index (χ2v) is 23.6. The molecule has 0 aromatic carbocycles. The molecule has 5 unspecified atom stereocenters. The molecule has 0 aromatic rings. The number of aliphatic hydroxyl groups is 9. The third kappa shape index (κ3) is 17.2. The highest BCUT2D eigenvalue weighted by molar-refractivity contribution is 5.88. The maximum absolute atomic E-state index is 14.5. The Labute approximate surface area is 489 Å². The highest BCUT2D eigenvalue weighted by Gasteiger charge is 2.64. The first kappa shape index (κ1) is 70.7. The van der Waals surface area contributed by atoms with Crippen LogP contribution in [0.4, 0.5) is 0 Å². The summed E-state index contributed by atoms with van der Waals surface area (Å²) in [5, 5.41) is 103. The van der Waals surface area contributed by atoms with Gasteiger partial charge in [-0.1, -0.05) is 49.3 Å². The molecule has 23 heteroatoms. The maximum Gasteiger partial charge on any atom is 0.334 e. The minimum Gasteiger partial charge on any atom is -0.497 e. The normalized spacial score (nSPS) is 42.6. The predicted octanol–water partition coefficient (Wildman–Crippen LogP) is 2.84. The van der Waals surface area contributed by atoms with Crippen molar-refractivity contribution in [1.82, 2.24) is 0 Å². The van der Waals surface area contributed by atoms with Gasteiger partial charge >= 0.3 is 5.97 Å². The van der Waals surface area contributed by atoms with Gasteiger partial charge in [-0.25, -0.2) is 4.79 Å². The zero-order valence-electron chi connectivity index (χ0n) is 51.3. The lowest BCUT2D eigenvalue weighted by molar-refractivity contribution is -0.416. The third-order valence-corrected chi connectivity index (χ3v) is 16.8. The first-order chi connectivity index (χ1) is 38.9. The molecule has 4 fully saturated rings. The summed E-state index contributed by atoms with van der Waals surface area (Å²) in [5.74, 6) is -4.99. The second-order valence-electron chi connectivity index (χ2n) is 23.6. The van der Waals surface area contributed by atoms with Crippen molar-refractivity contribution in [3.05, 3.63) is 70.1 Å². The van der Waals surface area contributed by atoms with Gasteiger partial charge in [0, 0.05) is 65.8 Å². The smallest absolute Gasteiger partial charge is 0.334 e.